The second kappa shape index (κ2) is 4.45. The van der Waals surface area contributed by atoms with E-state index >= 15 is 0 Å². The fourth-order valence-electron chi connectivity index (χ4n) is 2.15. The van der Waals surface area contributed by atoms with Gasteiger partial charge >= 0.3 is 0 Å². The SMILES string of the molecule is Clc1cccc(-c2noc3ncnc(NC4CC4)c23)c1. The molecule has 4 rings (SSSR count). The van der Waals surface area contributed by atoms with Crippen LogP contribution in [0, 0.1) is 0 Å². The Morgan fingerprint density at radius 3 is 2.95 bits per heavy atom. The van der Waals surface area contributed by atoms with Gasteiger partial charge in [0.05, 0.1) is 0 Å². The fourth-order valence-corrected chi connectivity index (χ4v) is 2.34. The topological polar surface area (TPSA) is 63.8 Å². The number of nitrogens with one attached hydrogen (secondary N) is 1. The van der Waals surface area contributed by atoms with E-state index in [-0.39, 0.29) is 0 Å². The van der Waals surface area contributed by atoms with Crippen molar-refractivity contribution >= 4 is 28.5 Å². The molecule has 0 spiro atoms. The molecular weight excluding hydrogens is 276 g/mol. The lowest BCUT2D eigenvalue weighted by Crippen LogP contribution is -2.03. The van der Waals surface area contributed by atoms with Crippen molar-refractivity contribution in [2.75, 3.05) is 5.32 Å². The summed E-state index contributed by atoms with van der Waals surface area (Å²) >= 11 is 6.04. The van der Waals surface area contributed by atoms with Crippen molar-refractivity contribution in [3.05, 3.63) is 35.6 Å². The molecule has 0 saturated heterocycles. The Morgan fingerprint density at radius 2 is 2.15 bits per heavy atom. The third kappa shape index (κ3) is 2.00. The summed E-state index contributed by atoms with van der Waals surface area (Å²) in [5, 5.41) is 8.97. The van der Waals surface area contributed by atoms with Gasteiger partial charge in [-0.15, -0.1) is 0 Å². The van der Waals surface area contributed by atoms with Crippen LogP contribution in [0.15, 0.2) is 35.1 Å². The van der Waals surface area contributed by atoms with E-state index in [1.165, 1.54) is 19.2 Å². The van der Waals surface area contributed by atoms with E-state index < -0.39 is 0 Å². The van der Waals surface area contributed by atoms with Crippen LogP contribution in [0.4, 0.5) is 5.82 Å². The van der Waals surface area contributed by atoms with Crippen LogP contribution in [0.1, 0.15) is 12.8 Å². The van der Waals surface area contributed by atoms with Gasteiger partial charge in [0.15, 0.2) is 0 Å². The zero-order valence-electron chi connectivity index (χ0n) is 10.5. The first-order chi connectivity index (χ1) is 9.81. The maximum absolute atomic E-state index is 6.04. The third-order valence-electron chi connectivity index (χ3n) is 3.29. The number of hydrogen-bond acceptors (Lipinski definition) is 5. The Morgan fingerprint density at radius 1 is 1.25 bits per heavy atom. The van der Waals surface area contributed by atoms with Crippen LogP contribution in [0.2, 0.25) is 5.02 Å². The van der Waals surface area contributed by atoms with E-state index in [4.69, 9.17) is 16.1 Å². The average Bonchev–Trinajstić information content (AvgIpc) is 3.15. The molecule has 6 heteroatoms. The molecule has 5 nitrogen and oxygen atoms in total. The Kier molecular flexibility index (Phi) is 2.60. The molecule has 0 aliphatic heterocycles. The van der Waals surface area contributed by atoms with E-state index in [2.05, 4.69) is 20.4 Å². The number of hydrogen-bond donors (Lipinski definition) is 1. The van der Waals surface area contributed by atoms with Crippen molar-refractivity contribution in [3.63, 3.8) is 0 Å². The maximum Gasteiger partial charge on any atom is 0.263 e. The van der Waals surface area contributed by atoms with E-state index in [0.29, 0.717) is 22.5 Å². The molecule has 1 aromatic carbocycles. The third-order valence-corrected chi connectivity index (χ3v) is 3.52. The minimum atomic E-state index is 0.484. The highest BCUT2D eigenvalue weighted by molar-refractivity contribution is 6.30. The zero-order chi connectivity index (χ0) is 13.5. The number of aromatic nitrogens is 3. The first-order valence-electron chi connectivity index (χ1n) is 6.44. The molecule has 1 N–H and O–H groups in total. The number of fused-ring (bicyclic) bond motifs is 1. The quantitative estimate of drug-likeness (QED) is 0.798. The summed E-state index contributed by atoms with van der Waals surface area (Å²) < 4.78 is 5.30. The van der Waals surface area contributed by atoms with Gasteiger partial charge in [-0.05, 0) is 25.0 Å². The Balaban J connectivity index is 1.90. The van der Waals surface area contributed by atoms with Gasteiger partial charge in [-0.1, -0.05) is 28.9 Å². The summed E-state index contributed by atoms with van der Waals surface area (Å²) in [5.41, 5.74) is 2.09. The first kappa shape index (κ1) is 11.7. The van der Waals surface area contributed by atoms with E-state index in [1.807, 2.05) is 24.3 Å². The largest absolute Gasteiger partial charge is 0.367 e. The van der Waals surface area contributed by atoms with Gasteiger partial charge < -0.3 is 9.84 Å². The fraction of sp³-hybridized carbons (Fsp3) is 0.214. The molecular formula is C14H11ClN4O. The van der Waals surface area contributed by atoms with Crippen molar-refractivity contribution in [2.24, 2.45) is 0 Å². The number of nitrogens with zero attached hydrogens (tertiary/aromatic N) is 3. The van der Waals surface area contributed by atoms with Crippen molar-refractivity contribution in [2.45, 2.75) is 18.9 Å². The van der Waals surface area contributed by atoms with Crippen LogP contribution < -0.4 is 5.32 Å². The number of rotatable bonds is 3. The Hall–Kier alpha value is -2.14. The number of benzene rings is 1. The molecule has 0 atom stereocenters. The molecule has 0 unspecified atom stereocenters. The van der Waals surface area contributed by atoms with E-state index in [0.717, 1.165) is 16.8 Å². The molecule has 20 heavy (non-hydrogen) atoms. The Bertz CT molecular complexity index is 782. The second-order valence-electron chi connectivity index (χ2n) is 4.86. The van der Waals surface area contributed by atoms with Gasteiger partial charge in [0.2, 0.25) is 0 Å². The van der Waals surface area contributed by atoms with Crippen LogP contribution in [0.25, 0.3) is 22.4 Å². The average molecular weight is 287 g/mol. The van der Waals surface area contributed by atoms with Crippen molar-refractivity contribution < 1.29 is 4.52 Å². The molecule has 100 valence electrons. The molecule has 2 aromatic heterocycles. The monoisotopic (exact) mass is 286 g/mol. The molecule has 0 radical (unpaired) electrons. The normalized spacial score (nSPS) is 14.7. The lowest BCUT2D eigenvalue weighted by atomic mass is 10.1. The van der Waals surface area contributed by atoms with Crippen LogP contribution >= 0.6 is 11.6 Å². The van der Waals surface area contributed by atoms with Gasteiger partial charge in [0, 0.05) is 16.6 Å². The molecule has 0 amide bonds. The van der Waals surface area contributed by atoms with Crippen LogP contribution in [0.5, 0.6) is 0 Å². The molecule has 1 aliphatic rings. The molecule has 1 fully saturated rings. The van der Waals surface area contributed by atoms with Crippen molar-refractivity contribution in [3.8, 4) is 11.3 Å². The summed E-state index contributed by atoms with van der Waals surface area (Å²) in [5.74, 6) is 0.772. The summed E-state index contributed by atoms with van der Waals surface area (Å²) in [4.78, 5) is 8.44. The first-order valence-corrected chi connectivity index (χ1v) is 6.82. The highest BCUT2D eigenvalue weighted by atomic mass is 35.5. The zero-order valence-corrected chi connectivity index (χ0v) is 11.3. The van der Waals surface area contributed by atoms with Gasteiger partial charge in [0.25, 0.3) is 5.71 Å². The smallest absolute Gasteiger partial charge is 0.263 e. The molecule has 3 aromatic rings. The predicted molar refractivity (Wildman–Crippen MR) is 76.7 cm³/mol. The van der Waals surface area contributed by atoms with Crippen molar-refractivity contribution in [1.82, 2.24) is 15.1 Å². The standard InChI is InChI=1S/C14H11ClN4O/c15-9-3-1-2-8(6-9)12-11-13(18-10-4-5-10)16-7-17-14(11)20-19-12/h1-3,6-7,10H,4-5H2,(H,16,17,18). The van der Waals surface area contributed by atoms with Gasteiger partial charge in [0.1, 0.15) is 23.2 Å². The van der Waals surface area contributed by atoms with Crippen LogP contribution in [-0.2, 0) is 0 Å². The van der Waals surface area contributed by atoms with Gasteiger partial charge in [-0.25, -0.2) is 4.98 Å². The second-order valence-corrected chi connectivity index (χ2v) is 5.30. The van der Waals surface area contributed by atoms with Gasteiger partial charge in [-0.3, -0.25) is 0 Å². The van der Waals surface area contributed by atoms with E-state index in [1.54, 1.807) is 0 Å². The van der Waals surface area contributed by atoms with Crippen LogP contribution in [-0.4, -0.2) is 21.2 Å². The number of anilines is 1. The number of halogens is 1. The summed E-state index contributed by atoms with van der Waals surface area (Å²) in [7, 11) is 0. The predicted octanol–water partition coefficient (Wildman–Crippen LogP) is 3.51. The summed E-state index contributed by atoms with van der Waals surface area (Å²) in [6.07, 6.45) is 3.83. The lowest BCUT2D eigenvalue weighted by molar-refractivity contribution is 0.451. The van der Waals surface area contributed by atoms with Crippen molar-refractivity contribution in [1.29, 1.82) is 0 Å². The van der Waals surface area contributed by atoms with Crippen LogP contribution in [0.3, 0.4) is 0 Å². The Labute approximate surface area is 120 Å². The maximum atomic E-state index is 6.04. The minimum absolute atomic E-state index is 0.484. The summed E-state index contributed by atoms with van der Waals surface area (Å²) in [6, 6.07) is 8.00. The molecule has 1 saturated carbocycles. The highest BCUT2D eigenvalue weighted by Crippen LogP contribution is 2.34. The lowest BCUT2D eigenvalue weighted by Gasteiger charge is -2.04. The molecule has 0 bridgehead atoms. The minimum Gasteiger partial charge on any atom is -0.367 e. The molecule has 1 aliphatic carbocycles. The summed E-state index contributed by atoms with van der Waals surface area (Å²) in [6.45, 7) is 0. The van der Waals surface area contributed by atoms with Gasteiger partial charge in [-0.2, -0.15) is 4.98 Å². The molecule has 2 heterocycles. The highest BCUT2D eigenvalue weighted by Gasteiger charge is 2.24. The van der Waals surface area contributed by atoms with E-state index in [9.17, 15) is 0 Å².